The summed E-state index contributed by atoms with van der Waals surface area (Å²) in [7, 11) is 1.60. The fourth-order valence-electron chi connectivity index (χ4n) is 5.21. The number of allylic oxidation sites excluding steroid dienone is 2. The van der Waals surface area contributed by atoms with Crippen LogP contribution in [-0.4, -0.2) is 41.4 Å². The van der Waals surface area contributed by atoms with E-state index in [2.05, 4.69) is 5.32 Å². The standard InChI is InChI=1S/C27H32N2O5/c1-17-23(26(30)31)25(20-11-8-12-21(15-20)29-13-6-7-14-29)24(18(2)28-17)27(32)34-22(16-33-3)19-9-4-5-10-19/h6-8,11-15,19,22,25,28H,4-5,9-10,16H2,1-3H3,(H,30,31). The first-order valence-electron chi connectivity index (χ1n) is 11.8. The van der Waals surface area contributed by atoms with E-state index in [4.69, 9.17) is 9.47 Å². The minimum Gasteiger partial charge on any atom is -0.478 e. The van der Waals surface area contributed by atoms with Crippen LogP contribution in [0.4, 0.5) is 0 Å². The number of carbonyl (C=O) groups excluding carboxylic acids is 1. The van der Waals surface area contributed by atoms with Crippen molar-refractivity contribution in [1.29, 1.82) is 0 Å². The quantitative estimate of drug-likeness (QED) is 0.558. The highest BCUT2D eigenvalue weighted by molar-refractivity contribution is 5.99. The van der Waals surface area contributed by atoms with Gasteiger partial charge in [0.05, 0.1) is 23.7 Å². The molecule has 7 nitrogen and oxygen atoms in total. The Kier molecular flexibility index (Phi) is 7.22. The molecule has 1 fully saturated rings. The Morgan fingerprint density at radius 3 is 2.41 bits per heavy atom. The van der Waals surface area contributed by atoms with Crippen molar-refractivity contribution in [3.8, 4) is 5.69 Å². The topological polar surface area (TPSA) is 89.8 Å². The molecule has 0 spiro atoms. The van der Waals surface area contributed by atoms with Crippen LogP contribution in [0, 0.1) is 5.92 Å². The molecule has 34 heavy (non-hydrogen) atoms. The normalized spacial score (nSPS) is 19.8. The number of carboxylic acids is 1. The van der Waals surface area contributed by atoms with E-state index in [0.29, 0.717) is 23.6 Å². The van der Waals surface area contributed by atoms with Gasteiger partial charge < -0.3 is 24.5 Å². The molecule has 1 aromatic carbocycles. The van der Waals surface area contributed by atoms with E-state index in [1.54, 1.807) is 21.0 Å². The molecule has 1 aliphatic carbocycles. The molecule has 2 heterocycles. The summed E-state index contributed by atoms with van der Waals surface area (Å²) in [5.41, 5.74) is 3.20. The fourth-order valence-corrected chi connectivity index (χ4v) is 5.21. The van der Waals surface area contributed by atoms with Gasteiger partial charge in [-0.25, -0.2) is 9.59 Å². The summed E-state index contributed by atoms with van der Waals surface area (Å²) >= 11 is 0. The molecule has 1 saturated carbocycles. The van der Waals surface area contributed by atoms with Crippen molar-refractivity contribution in [2.75, 3.05) is 13.7 Å². The number of aromatic nitrogens is 1. The van der Waals surface area contributed by atoms with Gasteiger partial charge in [0, 0.05) is 36.6 Å². The molecule has 180 valence electrons. The van der Waals surface area contributed by atoms with E-state index in [-0.39, 0.29) is 17.6 Å². The number of rotatable bonds is 8. The minimum atomic E-state index is -1.07. The number of carbonyl (C=O) groups is 2. The monoisotopic (exact) mass is 464 g/mol. The van der Waals surface area contributed by atoms with Crippen LogP contribution in [0.3, 0.4) is 0 Å². The molecular formula is C27H32N2O5. The van der Waals surface area contributed by atoms with Gasteiger partial charge in [0.1, 0.15) is 6.10 Å². The number of hydrogen-bond donors (Lipinski definition) is 2. The lowest BCUT2D eigenvalue weighted by Gasteiger charge is -2.31. The van der Waals surface area contributed by atoms with Gasteiger partial charge in [-0.2, -0.15) is 0 Å². The zero-order valence-electron chi connectivity index (χ0n) is 19.9. The maximum Gasteiger partial charge on any atom is 0.337 e. The minimum absolute atomic E-state index is 0.145. The van der Waals surface area contributed by atoms with Gasteiger partial charge >= 0.3 is 11.9 Å². The highest BCUT2D eigenvalue weighted by atomic mass is 16.6. The van der Waals surface area contributed by atoms with Crippen LogP contribution in [-0.2, 0) is 19.1 Å². The maximum atomic E-state index is 13.6. The number of ether oxygens (including phenoxy) is 2. The Morgan fingerprint density at radius 1 is 1.09 bits per heavy atom. The number of esters is 1. The smallest absolute Gasteiger partial charge is 0.337 e. The highest BCUT2D eigenvalue weighted by Gasteiger charge is 2.39. The maximum absolute atomic E-state index is 13.6. The number of methoxy groups -OCH3 is 1. The van der Waals surface area contributed by atoms with E-state index in [1.165, 1.54) is 0 Å². The Bertz CT molecular complexity index is 1110. The molecule has 0 bridgehead atoms. The second kappa shape index (κ2) is 10.3. The summed E-state index contributed by atoms with van der Waals surface area (Å²) in [5, 5.41) is 13.2. The van der Waals surface area contributed by atoms with Crippen LogP contribution in [0.1, 0.15) is 51.0 Å². The summed E-state index contributed by atoms with van der Waals surface area (Å²) in [6.07, 6.45) is 7.73. The summed E-state index contributed by atoms with van der Waals surface area (Å²) in [5.74, 6) is -2.06. The summed E-state index contributed by atoms with van der Waals surface area (Å²) < 4.78 is 13.3. The zero-order chi connectivity index (χ0) is 24.2. The zero-order valence-corrected chi connectivity index (χ0v) is 19.9. The molecule has 0 saturated heterocycles. The number of dihydropyridines is 1. The Morgan fingerprint density at radius 2 is 1.76 bits per heavy atom. The third-order valence-corrected chi connectivity index (χ3v) is 6.83. The van der Waals surface area contributed by atoms with Gasteiger partial charge in [0.2, 0.25) is 0 Å². The molecular weight excluding hydrogens is 432 g/mol. The molecule has 2 unspecified atom stereocenters. The van der Waals surface area contributed by atoms with Crippen LogP contribution >= 0.6 is 0 Å². The predicted molar refractivity (Wildman–Crippen MR) is 128 cm³/mol. The lowest BCUT2D eigenvalue weighted by molar-refractivity contribution is -0.150. The SMILES string of the molecule is COCC(OC(=O)C1=C(C)NC(C)=C(C(=O)O)C1c1cccc(-n2cccc2)c1)C1CCCC1. The molecule has 2 atom stereocenters. The lowest BCUT2D eigenvalue weighted by Crippen LogP contribution is -2.35. The van der Waals surface area contributed by atoms with Gasteiger partial charge in [0.15, 0.2) is 0 Å². The lowest BCUT2D eigenvalue weighted by atomic mass is 9.80. The van der Waals surface area contributed by atoms with Crippen molar-refractivity contribution < 1.29 is 24.2 Å². The van der Waals surface area contributed by atoms with E-state index >= 15 is 0 Å². The van der Waals surface area contributed by atoms with E-state index in [0.717, 1.165) is 36.9 Å². The third-order valence-electron chi connectivity index (χ3n) is 6.83. The number of nitrogens with zero attached hydrogens (tertiary/aromatic N) is 1. The predicted octanol–water partition coefficient (Wildman–Crippen LogP) is 4.55. The molecule has 0 amide bonds. The average molecular weight is 465 g/mol. The first-order chi connectivity index (χ1) is 16.4. The largest absolute Gasteiger partial charge is 0.478 e. The first kappa shape index (κ1) is 23.8. The number of benzene rings is 1. The highest BCUT2D eigenvalue weighted by Crippen LogP contribution is 2.40. The molecule has 1 aliphatic heterocycles. The molecule has 1 aromatic heterocycles. The van der Waals surface area contributed by atoms with Crippen molar-refractivity contribution in [1.82, 2.24) is 9.88 Å². The third kappa shape index (κ3) is 4.80. The van der Waals surface area contributed by atoms with E-state index in [1.807, 2.05) is 53.4 Å². The van der Waals surface area contributed by atoms with Crippen LogP contribution in [0.5, 0.6) is 0 Å². The van der Waals surface area contributed by atoms with Gasteiger partial charge in [-0.15, -0.1) is 0 Å². The number of hydrogen-bond acceptors (Lipinski definition) is 5. The Labute approximate surface area is 200 Å². The summed E-state index contributed by atoms with van der Waals surface area (Å²) in [6.45, 7) is 3.84. The van der Waals surface area contributed by atoms with Crippen molar-refractivity contribution in [3.63, 3.8) is 0 Å². The van der Waals surface area contributed by atoms with Crippen molar-refractivity contribution >= 4 is 11.9 Å². The van der Waals surface area contributed by atoms with E-state index in [9.17, 15) is 14.7 Å². The Balaban J connectivity index is 1.74. The second-order valence-corrected chi connectivity index (χ2v) is 9.07. The van der Waals surface area contributed by atoms with Crippen LogP contribution in [0.25, 0.3) is 5.69 Å². The fraction of sp³-hybridized carbons (Fsp3) is 0.407. The van der Waals surface area contributed by atoms with Crippen molar-refractivity contribution in [3.05, 3.63) is 76.9 Å². The van der Waals surface area contributed by atoms with Gasteiger partial charge in [0.25, 0.3) is 0 Å². The van der Waals surface area contributed by atoms with Crippen molar-refractivity contribution in [2.24, 2.45) is 5.92 Å². The molecule has 0 radical (unpaired) electrons. The summed E-state index contributed by atoms with van der Waals surface area (Å²) in [4.78, 5) is 26.0. The van der Waals surface area contributed by atoms with Crippen molar-refractivity contribution in [2.45, 2.75) is 51.6 Å². The summed E-state index contributed by atoms with van der Waals surface area (Å²) in [6, 6.07) is 11.5. The number of aliphatic carboxylic acids is 1. The molecule has 2 aliphatic rings. The van der Waals surface area contributed by atoms with Crippen LogP contribution in [0.2, 0.25) is 0 Å². The average Bonchev–Trinajstić information content (AvgIpc) is 3.52. The van der Waals surface area contributed by atoms with Crippen LogP contribution in [0.15, 0.2) is 71.3 Å². The second-order valence-electron chi connectivity index (χ2n) is 9.07. The molecule has 2 N–H and O–H groups in total. The van der Waals surface area contributed by atoms with Gasteiger partial charge in [-0.05, 0) is 62.4 Å². The van der Waals surface area contributed by atoms with E-state index < -0.39 is 17.9 Å². The molecule has 7 heteroatoms. The number of nitrogens with one attached hydrogen (secondary N) is 1. The number of carboxylic acid groups (broad SMARTS) is 1. The van der Waals surface area contributed by atoms with Gasteiger partial charge in [-0.3, -0.25) is 0 Å². The Hall–Kier alpha value is -3.32. The molecule has 4 rings (SSSR count). The molecule has 2 aromatic rings. The van der Waals surface area contributed by atoms with Gasteiger partial charge in [-0.1, -0.05) is 25.0 Å². The van der Waals surface area contributed by atoms with Crippen LogP contribution < -0.4 is 5.32 Å². The first-order valence-corrected chi connectivity index (χ1v) is 11.8.